The predicted octanol–water partition coefficient (Wildman–Crippen LogP) is 1.61. The molecule has 7 heteroatoms. The van der Waals surface area contributed by atoms with E-state index in [-0.39, 0.29) is 11.8 Å². The van der Waals surface area contributed by atoms with E-state index in [2.05, 4.69) is 10.3 Å². The molecular weight excluding hydrogens is 308 g/mol. The van der Waals surface area contributed by atoms with E-state index in [4.69, 9.17) is 4.74 Å². The quantitative estimate of drug-likeness (QED) is 0.925. The first-order valence-corrected chi connectivity index (χ1v) is 7.86. The number of benzene rings is 1. The van der Waals surface area contributed by atoms with E-state index < -0.39 is 0 Å². The van der Waals surface area contributed by atoms with Gasteiger partial charge in [-0.1, -0.05) is 6.92 Å². The number of fused-ring (bicyclic) bond motifs is 3. The average Bonchev–Trinajstić information content (AvgIpc) is 2.98. The van der Waals surface area contributed by atoms with Crippen LogP contribution in [0.15, 0.2) is 24.5 Å². The zero-order chi connectivity index (χ0) is 17.3. The fraction of sp³-hybridized carbons (Fsp3) is 0.353. The highest BCUT2D eigenvalue weighted by molar-refractivity contribution is 6.00. The topological polar surface area (TPSA) is 76.5 Å². The maximum Gasteiger partial charge on any atom is 0.271 e. The van der Waals surface area contributed by atoms with E-state index in [1.807, 2.05) is 17.6 Å². The number of ether oxygens (including phenoxy) is 1. The zero-order valence-corrected chi connectivity index (χ0v) is 14.0. The lowest BCUT2D eigenvalue weighted by atomic mass is 10.1. The molecule has 0 spiro atoms. The third-order valence-corrected chi connectivity index (χ3v) is 4.12. The highest BCUT2D eigenvalue weighted by atomic mass is 16.5. The Morgan fingerprint density at radius 3 is 2.88 bits per heavy atom. The summed E-state index contributed by atoms with van der Waals surface area (Å²) in [4.78, 5) is 31.0. The molecule has 1 aliphatic heterocycles. The number of hydrogen-bond donors (Lipinski definition) is 1. The first kappa shape index (κ1) is 16.0. The number of carbonyl (C=O) groups is 2. The number of amides is 2. The Labute approximate surface area is 140 Å². The van der Waals surface area contributed by atoms with Crippen LogP contribution in [-0.2, 0) is 6.54 Å². The largest absolute Gasteiger partial charge is 0.497 e. The molecule has 0 aliphatic carbocycles. The van der Waals surface area contributed by atoms with Crippen molar-refractivity contribution >= 4 is 11.8 Å². The fourth-order valence-electron chi connectivity index (χ4n) is 2.94. The molecule has 0 saturated heterocycles. The molecule has 1 aromatic carbocycles. The normalized spacial score (nSPS) is 13.1. The van der Waals surface area contributed by atoms with Crippen LogP contribution in [0.2, 0.25) is 0 Å². The van der Waals surface area contributed by atoms with Gasteiger partial charge in [0.2, 0.25) is 0 Å². The lowest BCUT2D eigenvalue weighted by Gasteiger charge is -2.20. The molecule has 0 saturated carbocycles. The molecule has 3 rings (SSSR count). The molecule has 0 atom stereocenters. The van der Waals surface area contributed by atoms with Gasteiger partial charge in [0.15, 0.2) is 5.69 Å². The van der Waals surface area contributed by atoms with E-state index in [0.717, 1.165) is 6.42 Å². The molecule has 2 heterocycles. The lowest BCUT2D eigenvalue weighted by molar-refractivity contribution is 0.0743. The first-order chi connectivity index (χ1) is 11.6. The lowest BCUT2D eigenvalue weighted by Crippen LogP contribution is -2.31. The summed E-state index contributed by atoms with van der Waals surface area (Å²) in [5.74, 6) is 0.288. The molecule has 24 heavy (non-hydrogen) atoms. The van der Waals surface area contributed by atoms with Crippen molar-refractivity contribution in [2.75, 3.05) is 20.7 Å². The number of nitrogens with zero attached hydrogens (tertiary/aromatic N) is 3. The van der Waals surface area contributed by atoms with Gasteiger partial charge < -0.3 is 15.0 Å². The highest BCUT2D eigenvalue weighted by Crippen LogP contribution is 2.29. The van der Waals surface area contributed by atoms with Gasteiger partial charge in [-0.05, 0) is 24.6 Å². The van der Waals surface area contributed by atoms with E-state index in [0.29, 0.717) is 41.5 Å². The summed E-state index contributed by atoms with van der Waals surface area (Å²) in [5, 5.41) is 2.60. The number of carbonyl (C=O) groups excluding carboxylic acids is 2. The summed E-state index contributed by atoms with van der Waals surface area (Å²) >= 11 is 0. The van der Waals surface area contributed by atoms with Gasteiger partial charge in [-0.15, -0.1) is 0 Å². The molecule has 2 aromatic rings. The van der Waals surface area contributed by atoms with Crippen molar-refractivity contribution in [3.05, 3.63) is 41.5 Å². The molecule has 1 N–H and O–H groups in total. The summed E-state index contributed by atoms with van der Waals surface area (Å²) in [6.07, 6.45) is 2.42. The molecule has 1 aromatic heterocycles. The average molecular weight is 328 g/mol. The monoisotopic (exact) mass is 328 g/mol. The molecule has 126 valence electrons. The van der Waals surface area contributed by atoms with Gasteiger partial charge in [-0.3, -0.25) is 14.2 Å². The van der Waals surface area contributed by atoms with Crippen LogP contribution in [0.5, 0.6) is 5.75 Å². The summed E-state index contributed by atoms with van der Waals surface area (Å²) in [6, 6.07) is 5.35. The Morgan fingerprint density at radius 1 is 1.42 bits per heavy atom. The Hall–Kier alpha value is -2.83. The van der Waals surface area contributed by atoms with Gasteiger partial charge in [-0.25, -0.2) is 4.98 Å². The molecule has 0 fully saturated rings. The van der Waals surface area contributed by atoms with E-state index >= 15 is 0 Å². The van der Waals surface area contributed by atoms with E-state index in [1.54, 1.807) is 37.5 Å². The van der Waals surface area contributed by atoms with Crippen LogP contribution < -0.4 is 10.1 Å². The second kappa shape index (κ2) is 6.35. The Kier molecular flexibility index (Phi) is 4.24. The van der Waals surface area contributed by atoms with Crippen molar-refractivity contribution in [1.82, 2.24) is 19.8 Å². The van der Waals surface area contributed by atoms with Crippen LogP contribution in [0.25, 0.3) is 5.69 Å². The SMILES string of the molecule is CCCN1Cc2c(C(=O)NC)ncn2-c2ccc(OC)cc2C1=O. The second-order valence-corrected chi connectivity index (χ2v) is 5.60. The minimum atomic E-state index is -0.260. The molecule has 7 nitrogen and oxygen atoms in total. The highest BCUT2D eigenvalue weighted by Gasteiger charge is 2.29. The zero-order valence-electron chi connectivity index (χ0n) is 14.0. The number of aromatic nitrogens is 2. The number of nitrogens with one attached hydrogen (secondary N) is 1. The van der Waals surface area contributed by atoms with Crippen molar-refractivity contribution in [2.45, 2.75) is 19.9 Å². The number of imidazole rings is 1. The number of rotatable bonds is 4. The minimum absolute atomic E-state index is 0.0719. The van der Waals surface area contributed by atoms with Gasteiger partial charge in [0.25, 0.3) is 11.8 Å². The fourth-order valence-corrected chi connectivity index (χ4v) is 2.94. The molecular formula is C17H20N4O3. The molecule has 0 bridgehead atoms. The second-order valence-electron chi connectivity index (χ2n) is 5.60. The minimum Gasteiger partial charge on any atom is -0.497 e. The number of hydrogen-bond acceptors (Lipinski definition) is 4. The van der Waals surface area contributed by atoms with Crippen LogP contribution in [-0.4, -0.2) is 47.0 Å². The van der Waals surface area contributed by atoms with Crippen molar-refractivity contribution in [2.24, 2.45) is 0 Å². The van der Waals surface area contributed by atoms with Crippen LogP contribution >= 0.6 is 0 Å². The Bertz CT molecular complexity index is 797. The van der Waals surface area contributed by atoms with Crippen LogP contribution in [0, 0.1) is 0 Å². The standard InChI is InChI=1S/C17H20N4O3/c1-4-7-20-9-14-15(16(22)18-2)19-10-21(14)13-6-5-11(24-3)8-12(13)17(20)23/h5-6,8,10H,4,7,9H2,1-3H3,(H,18,22). The summed E-state index contributed by atoms with van der Waals surface area (Å²) in [5.41, 5.74) is 2.30. The van der Waals surface area contributed by atoms with Crippen LogP contribution in [0.3, 0.4) is 0 Å². The van der Waals surface area contributed by atoms with Gasteiger partial charge >= 0.3 is 0 Å². The van der Waals surface area contributed by atoms with Gasteiger partial charge in [0.1, 0.15) is 12.1 Å². The summed E-state index contributed by atoms with van der Waals surface area (Å²) < 4.78 is 7.07. The van der Waals surface area contributed by atoms with Crippen LogP contribution in [0.1, 0.15) is 39.9 Å². The maximum absolute atomic E-state index is 12.9. The molecule has 0 radical (unpaired) electrons. The van der Waals surface area contributed by atoms with Crippen molar-refractivity contribution in [3.8, 4) is 11.4 Å². The Morgan fingerprint density at radius 2 is 2.21 bits per heavy atom. The van der Waals surface area contributed by atoms with E-state index in [1.165, 1.54) is 0 Å². The van der Waals surface area contributed by atoms with Crippen LogP contribution in [0.4, 0.5) is 0 Å². The third kappa shape index (κ3) is 2.51. The molecule has 2 amide bonds. The summed E-state index contributed by atoms with van der Waals surface area (Å²) in [6.45, 7) is 2.96. The first-order valence-electron chi connectivity index (χ1n) is 7.86. The summed E-state index contributed by atoms with van der Waals surface area (Å²) in [7, 11) is 3.14. The maximum atomic E-state index is 12.9. The van der Waals surface area contributed by atoms with Crippen molar-refractivity contribution in [1.29, 1.82) is 0 Å². The van der Waals surface area contributed by atoms with Crippen molar-refractivity contribution in [3.63, 3.8) is 0 Å². The third-order valence-electron chi connectivity index (χ3n) is 4.12. The van der Waals surface area contributed by atoms with Gasteiger partial charge in [-0.2, -0.15) is 0 Å². The molecule has 0 unspecified atom stereocenters. The smallest absolute Gasteiger partial charge is 0.271 e. The van der Waals surface area contributed by atoms with Gasteiger partial charge in [0.05, 0.1) is 30.6 Å². The predicted molar refractivity (Wildman–Crippen MR) is 88.5 cm³/mol. The van der Waals surface area contributed by atoms with Gasteiger partial charge in [0, 0.05) is 13.6 Å². The number of methoxy groups -OCH3 is 1. The molecule has 1 aliphatic rings. The van der Waals surface area contributed by atoms with Crippen molar-refractivity contribution < 1.29 is 14.3 Å². The van der Waals surface area contributed by atoms with E-state index in [9.17, 15) is 9.59 Å². The Balaban J connectivity index is 2.21.